The highest BCUT2D eigenvalue weighted by molar-refractivity contribution is 5.08. The molecule has 2 rings (SSSR count). The van der Waals surface area contributed by atoms with E-state index in [1.165, 1.54) is 19.3 Å². The molecule has 2 aliphatic carbocycles. The third-order valence-corrected chi connectivity index (χ3v) is 4.19. The minimum atomic E-state index is -0.0613. The number of aliphatic hydroxyl groups is 1. The van der Waals surface area contributed by atoms with Crippen LogP contribution in [-0.2, 0) is 0 Å². The fourth-order valence-electron chi connectivity index (χ4n) is 3.28. The molecule has 1 N–H and O–H groups in total. The zero-order valence-electron chi connectivity index (χ0n) is 7.72. The first-order valence-corrected chi connectivity index (χ1v) is 4.65. The van der Waals surface area contributed by atoms with Crippen LogP contribution in [0.3, 0.4) is 0 Å². The van der Waals surface area contributed by atoms with E-state index in [4.69, 9.17) is 0 Å². The highest BCUT2D eigenvalue weighted by atomic mass is 16.3. The molecule has 64 valence electrons. The summed E-state index contributed by atoms with van der Waals surface area (Å²) in [7, 11) is 0. The fraction of sp³-hybridized carbons (Fsp3) is 1.00. The summed E-state index contributed by atoms with van der Waals surface area (Å²) in [4.78, 5) is 0. The van der Waals surface area contributed by atoms with E-state index in [9.17, 15) is 5.11 Å². The van der Waals surface area contributed by atoms with Crippen molar-refractivity contribution in [2.24, 2.45) is 16.7 Å². The van der Waals surface area contributed by atoms with E-state index < -0.39 is 0 Å². The number of fused-ring (bicyclic) bond motifs is 2. The summed E-state index contributed by atoms with van der Waals surface area (Å²) in [5.41, 5.74) is 0.446. The lowest BCUT2D eigenvalue weighted by atomic mass is 9.70. The summed E-state index contributed by atoms with van der Waals surface area (Å²) < 4.78 is 0. The Morgan fingerprint density at radius 3 is 2.18 bits per heavy atom. The van der Waals surface area contributed by atoms with Crippen LogP contribution in [0.5, 0.6) is 0 Å². The molecule has 2 fully saturated rings. The van der Waals surface area contributed by atoms with Gasteiger partial charge in [0.15, 0.2) is 0 Å². The summed E-state index contributed by atoms with van der Waals surface area (Å²) in [5.74, 6) is 0.780. The van der Waals surface area contributed by atoms with Crippen LogP contribution in [0.25, 0.3) is 0 Å². The summed E-state index contributed by atoms with van der Waals surface area (Å²) in [6.07, 6.45) is 3.76. The Morgan fingerprint density at radius 1 is 1.27 bits per heavy atom. The van der Waals surface area contributed by atoms with Gasteiger partial charge in [-0.25, -0.2) is 0 Å². The van der Waals surface area contributed by atoms with Gasteiger partial charge in [0.2, 0.25) is 0 Å². The molecule has 0 aromatic carbocycles. The summed E-state index contributed by atoms with van der Waals surface area (Å²) in [6.45, 7) is 6.67. The van der Waals surface area contributed by atoms with E-state index in [0.29, 0.717) is 0 Å². The molecule has 0 aliphatic heterocycles. The van der Waals surface area contributed by atoms with E-state index in [2.05, 4.69) is 20.8 Å². The van der Waals surface area contributed by atoms with E-state index in [0.717, 1.165) is 5.92 Å². The molecule has 2 unspecified atom stereocenters. The van der Waals surface area contributed by atoms with Crippen LogP contribution < -0.4 is 0 Å². The van der Waals surface area contributed by atoms with Crippen molar-refractivity contribution >= 4 is 0 Å². The van der Waals surface area contributed by atoms with Gasteiger partial charge < -0.3 is 5.11 Å². The van der Waals surface area contributed by atoms with Crippen molar-refractivity contribution in [3.05, 3.63) is 0 Å². The molecule has 2 bridgehead atoms. The zero-order chi connectivity index (χ0) is 8.28. The normalized spacial score (nSPS) is 53.5. The van der Waals surface area contributed by atoms with Gasteiger partial charge in [-0.3, -0.25) is 0 Å². The minimum absolute atomic E-state index is 0.0613. The summed E-state index contributed by atoms with van der Waals surface area (Å²) in [5, 5.41) is 10.0. The molecule has 0 saturated heterocycles. The topological polar surface area (TPSA) is 20.2 Å². The van der Waals surface area contributed by atoms with E-state index in [1.807, 2.05) is 0 Å². The predicted octanol–water partition coefficient (Wildman–Crippen LogP) is 2.19. The van der Waals surface area contributed by atoms with Gasteiger partial charge >= 0.3 is 0 Å². The Bertz CT molecular complexity index is 181. The molecular formula is C10H18O. The van der Waals surface area contributed by atoms with E-state index >= 15 is 0 Å². The molecule has 0 amide bonds. The lowest BCUT2D eigenvalue weighted by Gasteiger charge is -2.38. The van der Waals surface area contributed by atoms with Crippen molar-refractivity contribution in [3.8, 4) is 0 Å². The van der Waals surface area contributed by atoms with Gasteiger partial charge in [-0.2, -0.15) is 0 Å². The lowest BCUT2D eigenvalue weighted by Crippen LogP contribution is -2.39. The molecule has 3 atom stereocenters. The lowest BCUT2D eigenvalue weighted by molar-refractivity contribution is -0.0340. The minimum Gasteiger partial charge on any atom is -0.392 e. The smallest absolute Gasteiger partial charge is 0.0647 e. The van der Waals surface area contributed by atoms with Crippen molar-refractivity contribution in [2.45, 2.75) is 46.1 Å². The third-order valence-electron chi connectivity index (χ3n) is 4.19. The van der Waals surface area contributed by atoms with Crippen LogP contribution in [0.2, 0.25) is 0 Å². The Labute approximate surface area is 68.8 Å². The first-order valence-electron chi connectivity index (χ1n) is 4.65. The molecule has 0 heterocycles. The van der Waals surface area contributed by atoms with Gasteiger partial charge in [0.25, 0.3) is 0 Å². The SMILES string of the molecule is CC12CC[C@@H](C1)C(C)(C)C2O. The number of aliphatic hydroxyl groups excluding tert-OH is 1. The number of hydrogen-bond acceptors (Lipinski definition) is 1. The van der Waals surface area contributed by atoms with Gasteiger partial charge in [0.05, 0.1) is 6.10 Å². The van der Waals surface area contributed by atoms with Gasteiger partial charge in [-0.15, -0.1) is 0 Å². The Balaban J connectivity index is 2.34. The van der Waals surface area contributed by atoms with Crippen LogP contribution in [0.1, 0.15) is 40.0 Å². The Hall–Kier alpha value is -0.0400. The average Bonchev–Trinajstić information content (AvgIpc) is 2.36. The molecule has 2 aliphatic rings. The molecule has 11 heavy (non-hydrogen) atoms. The second-order valence-corrected chi connectivity index (χ2v) is 5.32. The maximum absolute atomic E-state index is 10.0. The predicted molar refractivity (Wildman–Crippen MR) is 45.2 cm³/mol. The quantitative estimate of drug-likeness (QED) is 0.567. The van der Waals surface area contributed by atoms with Gasteiger partial charge in [0.1, 0.15) is 0 Å². The van der Waals surface area contributed by atoms with Crippen molar-refractivity contribution in [3.63, 3.8) is 0 Å². The second-order valence-electron chi connectivity index (χ2n) is 5.32. The largest absolute Gasteiger partial charge is 0.392 e. The maximum Gasteiger partial charge on any atom is 0.0647 e. The molecular weight excluding hydrogens is 136 g/mol. The third kappa shape index (κ3) is 0.752. The molecule has 0 radical (unpaired) electrons. The van der Waals surface area contributed by atoms with Crippen LogP contribution in [0.15, 0.2) is 0 Å². The van der Waals surface area contributed by atoms with Crippen LogP contribution in [0, 0.1) is 16.7 Å². The molecule has 0 aromatic heterocycles. The second kappa shape index (κ2) is 1.82. The molecule has 1 nitrogen and oxygen atoms in total. The summed E-state index contributed by atoms with van der Waals surface area (Å²) >= 11 is 0. The van der Waals surface area contributed by atoms with Crippen LogP contribution in [-0.4, -0.2) is 11.2 Å². The monoisotopic (exact) mass is 154 g/mol. The molecule has 0 aromatic rings. The number of rotatable bonds is 0. The van der Waals surface area contributed by atoms with Crippen molar-refractivity contribution < 1.29 is 5.11 Å². The standard InChI is InChI=1S/C10H18O/c1-9(2)7-4-5-10(3,6-7)8(9)11/h7-8,11H,4-6H2,1-3H3/t7-,8?,10?/m0/s1. The van der Waals surface area contributed by atoms with E-state index in [1.54, 1.807) is 0 Å². The first kappa shape index (κ1) is 7.60. The van der Waals surface area contributed by atoms with Crippen LogP contribution in [0.4, 0.5) is 0 Å². The van der Waals surface area contributed by atoms with Gasteiger partial charge in [-0.05, 0) is 36.0 Å². The molecule has 1 heteroatoms. The van der Waals surface area contributed by atoms with Crippen molar-refractivity contribution in [2.75, 3.05) is 0 Å². The van der Waals surface area contributed by atoms with Crippen molar-refractivity contribution in [1.29, 1.82) is 0 Å². The Kier molecular flexibility index (Phi) is 1.26. The first-order chi connectivity index (χ1) is 4.97. The van der Waals surface area contributed by atoms with Gasteiger partial charge in [0, 0.05) is 0 Å². The maximum atomic E-state index is 10.0. The van der Waals surface area contributed by atoms with Gasteiger partial charge in [-0.1, -0.05) is 20.8 Å². The summed E-state index contributed by atoms with van der Waals surface area (Å²) in [6, 6.07) is 0. The molecule has 0 spiro atoms. The molecule has 2 saturated carbocycles. The van der Waals surface area contributed by atoms with E-state index in [-0.39, 0.29) is 16.9 Å². The Morgan fingerprint density at radius 2 is 1.91 bits per heavy atom. The van der Waals surface area contributed by atoms with Crippen molar-refractivity contribution in [1.82, 2.24) is 0 Å². The zero-order valence-corrected chi connectivity index (χ0v) is 7.72. The average molecular weight is 154 g/mol. The van der Waals surface area contributed by atoms with Crippen LogP contribution >= 0.6 is 0 Å². The highest BCUT2D eigenvalue weighted by Crippen LogP contribution is 2.62. The fourth-order valence-corrected chi connectivity index (χ4v) is 3.28. The highest BCUT2D eigenvalue weighted by Gasteiger charge is 2.58. The number of hydrogen-bond donors (Lipinski definition) is 1.